The van der Waals surface area contributed by atoms with Crippen molar-refractivity contribution in [3.63, 3.8) is 0 Å². The molecule has 0 aliphatic heterocycles. The summed E-state index contributed by atoms with van der Waals surface area (Å²) in [6, 6.07) is 0. The molecule has 0 aromatic carbocycles. The zero-order chi connectivity index (χ0) is 10.3. The van der Waals surface area contributed by atoms with E-state index in [-0.39, 0.29) is 6.61 Å². The molecular formula is C8H9ClN4O. The maximum Gasteiger partial charge on any atom is 0.181 e. The van der Waals surface area contributed by atoms with E-state index >= 15 is 0 Å². The first-order valence-corrected chi connectivity index (χ1v) is 4.50. The van der Waals surface area contributed by atoms with Crippen LogP contribution in [0.4, 0.5) is 0 Å². The van der Waals surface area contributed by atoms with Crippen LogP contribution in [0.2, 0.25) is 5.15 Å². The molecule has 0 amide bonds. The van der Waals surface area contributed by atoms with Crippen molar-refractivity contribution in [1.29, 1.82) is 0 Å². The summed E-state index contributed by atoms with van der Waals surface area (Å²) >= 11 is 5.91. The smallest absolute Gasteiger partial charge is 0.181 e. The van der Waals surface area contributed by atoms with Crippen LogP contribution in [0.3, 0.4) is 0 Å². The Labute approximate surface area is 85.3 Å². The van der Waals surface area contributed by atoms with Crippen LogP contribution >= 0.6 is 11.6 Å². The number of aliphatic hydroxyl groups excluding tert-OH is 1. The lowest BCUT2D eigenvalue weighted by Gasteiger charge is -2.03. The predicted octanol–water partition coefficient (Wildman–Crippen LogP) is 0.887. The van der Waals surface area contributed by atoms with Crippen LogP contribution in [-0.2, 0) is 6.61 Å². The summed E-state index contributed by atoms with van der Waals surface area (Å²) in [5.41, 5.74) is 2.45. The first-order chi connectivity index (χ1) is 6.65. The Balaban J connectivity index is 2.86. The zero-order valence-electron chi connectivity index (χ0n) is 7.82. The highest BCUT2D eigenvalue weighted by Gasteiger charge is 2.12. The molecule has 74 valence electrons. The normalized spacial score (nSPS) is 11.1. The van der Waals surface area contributed by atoms with E-state index in [1.165, 1.54) is 4.52 Å². The van der Waals surface area contributed by atoms with E-state index in [1.54, 1.807) is 0 Å². The van der Waals surface area contributed by atoms with E-state index in [9.17, 15) is 0 Å². The average molecular weight is 213 g/mol. The largest absolute Gasteiger partial charge is 0.388 e. The van der Waals surface area contributed by atoms with Gasteiger partial charge in [0.05, 0.1) is 0 Å². The van der Waals surface area contributed by atoms with Gasteiger partial charge in [-0.05, 0) is 19.4 Å². The Morgan fingerprint density at radius 3 is 2.64 bits per heavy atom. The van der Waals surface area contributed by atoms with Gasteiger partial charge in [-0.25, -0.2) is 0 Å². The lowest BCUT2D eigenvalue weighted by Crippen LogP contribution is -2.02. The van der Waals surface area contributed by atoms with E-state index in [2.05, 4.69) is 15.3 Å². The minimum absolute atomic E-state index is 0.201. The van der Waals surface area contributed by atoms with E-state index in [1.807, 2.05) is 13.8 Å². The summed E-state index contributed by atoms with van der Waals surface area (Å²) in [5, 5.41) is 21.2. The lowest BCUT2D eigenvalue weighted by molar-refractivity contribution is 0.268. The summed E-state index contributed by atoms with van der Waals surface area (Å²) in [6.07, 6.45) is 0. The molecule has 0 unspecified atom stereocenters. The van der Waals surface area contributed by atoms with Crippen molar-refractivity contribution in [2.45, 2.75) is 20.5 Å². The number of aryl methyl sites for hydroxylation is 1. The third-order valence-corrected chi connectivity index (χ3v) is 2.60. The third kappa shape index (κ3) is 1.17. The summed E-state index contributed by atoms with van der Waals surface area (Å²) in [7, 11) is 0. The number of nitrogens with zero attached hydrogens (tertiary/aromatic N) is 4. The van der Waals surface area contributed by atoms with Gasteiger partial charge in [0.25, 0.3) is 0 Å². The highest BCUT2D eigenvalue weighted by atomic mass is 35.5. The second-order valence-electron chi connectivity index (χ2n) is 3.05. The SMILES string of the molecule is Cc1c(Cl)nn2c(CO)nnc2c1C. The van der Waals surface area contributed by atoms with Crippen LogP contribution in [0.5, 0.6) is 0 Å². The first-order valence-electron chi connectivity index (χ1n) is 4.13. The van der Waals surface area contributed by atoms with Crippen LogP contribution in [0.25, 0.3) is 5.65 Å². The number of aromatic nitrogens is 4. The summed E-state index contributed by atoms with van der Waals surface area (Å²) in [5.74, 6) is 0.394. The fourth-order valence-corrected chi connectivity index (χ4v) is 1.45. The van der Waals surface area contributed by atoms with Gasteiger partial charge in [-0.15, -0.1) is 10.2 Å². The monoisotopic (exact) mass is 212 g/mol. The number of rotatable bonds is 1. The quantitative estimate of drug-likeness (QED) is 0.763. The van der Waals surface area contributed by atoms with Gasteiger partial charge >= 0.3 is 0 Å². The van der Waals surface area contributed by atoms with Crippen LogP contribution < -0.4 is 0 Å². The Hall–Kier alpha value is -1.20. The topological polar surface area (TPSA) is 63.3 Å². The van der Waals surface area contributed by atoms with Crippen molar-refractivity contribution < 1.29 is 5.11 Å². The van der Waals surface area contributed by atoms with E-state index in [0.29, 0.717) is 16.6 Å². The molecule has 0 radical (unpaired) electrons. The number of hydrogen-bond donors (Lipinski definition) is 1. The van der Waals surface area contributed by atoms with Gasteiger partial charge in [-0.2, -0.15) is 9.61 Å². The minimum Gasteiger partial charge on any atom is -0.388 e. The van der Waals surface area contributed by atoms with Crippen LogP contribution in [0.1, 0.15) is 17.0 Å². The highest BCUT2D eigenvalue weighted by molar-refractivity contribution is 6.30. The number of aliphatic hydroxyl groups is 1. The summed E-state index contributed by atoms with van der Waals surface area (Å²) < 4.78 is 1.46. The molecule has 0 aliphatic carbocycles. The van der Waals surface area contributed by atoms with Gasteiger partial charge in [0.15, 0.2) is 16.6 Å². The molecule has 5 nitrogen and oxygen atoms in total. The number of hydrogen-bond acceptors (Lipinski definition) is 4. The average Bonchev–Trinajstić information content (AvgIpc) is 2.57. The van der Waals surface area contributed by atoms with Crippen LogP contribution in [-0.4, -0.2) is 24.9 Å². The van der Waals surface area contributed by atoms with Gasteiger partial charge < -0.3 is 5.11 Å². The maximum atomic E-state index is 8.97. The van der Waals surface area contributed by atoms with Crippen molar-refractivity contribution >= 4 is 17.2 Å². The molecule has 0 saturated carbocycles. The predicted molar refractivity (Wildman–Crippen MR) is 51.2 cm³/mol. The van der Waals surface area contributed by atoms with Gasteiger partial charge in [0, 0.05) is 5.56 Å². The molecule has 0 aliphatic rings. The Bertz CT molecular complexity index is 494. The molecule has 0 saturated heterocycles. The molecule has 1 N–H and O–H groups in total. The van der Waals surface area contributed by atoms with Gasteiger partial charge in [-0.3, -0.25) is 0 Å². The second kappa shape index (κ2) is 3.18. The van der Waals surface area contributed by atoms with Crippen molar-refractivity contribution in [1.82, 2.24) is 19.8 Å². The van der Waals surface area contributed by atoms with Crippen LogP contribution in [0, 0.1) is 13.8 Å². The zero-order valence-corrected chi connectivity index (χ0v) is 8.58. The molecule has 0 fully saturated rings. The lowest BCUT2D eigenvalue weighted by atomic mass is 10.2. The maximum absolute atomic E-state index is 8.97. The molecule has 2 rings (SSSR count). The fraction of sp³-hybridized carbons (Fsp3) is 0.375. The molecule has 6 heteroatoms. The molecule has 0 atom stereocenters. The summed E-state index contributed by atoms with van der Waals surface area (Å²) in [6.45, 7) is 3.57. The standard InChI is InChI=1S/C8H9ClN4O/c1-4-5(2)8-11-10-6(3-14)13(8)12-7(4)9/h14H,3H2,1-2H3. The van der Waals surface area contributed by atoms with Gasteiger partial charge in [0.2, 0.25) is 0 Å². The Kier molecular flexibility index (Phi) is 2.13. The van der Waals surface area contributed by atoms with E-state index in [0.717, 1.165) is 11.1 Å². The van der Waals surface area contributed by atoms with Crippen molar-refractivity contribution in [3.8, 4) is 0 Å². The molecule has 0 bridgehead atoms. The van der Waals surface area contributed by atoms with Crippen molar-refractivity contribution in [3.05, 3.63) is 22.1 Å². The second-order valence-corrected chi connectivity index (χ2v) is 3.41. The number of halogens is 1. The molecular weight excluding hydrogens is 204 g/mol. The van der Waals surface area contributed by atoms with Gasteiger partial charge in [-0.1, -0.05) is 11.6 Å². The summed E-state index contributed by atoms with van der Waals surface area (Å²) in [4.78, 5) is 0. The van der Waals surface area contributed by atoms with E-state index < -0.39 is 0 Å². The minimum atomic E-state index is -0.201. The molecule has 2 aromatic rings. The molecule has 14 heavy (non-hydrogen) atoms. The molecule has 2 aromatic heterocycles. The number of fused-ring (bicyclic) bond motifs is 1. The highest BCUT2D eigenvalue weighted by Crippen LogP contribution is 2.19. The Morgan fingerprint density at radius 1 is 1.29 bits per heavy atom. The van der Waals surface area contributed by atoms with Crippen molar-refractivity contribution in [2.24, 2.45) is 0 Å². The third-order valence-electron chi connectivity index (χ3n) is 2.24. The van der Waals surface area contributed by atoms with Crippen molar-refractivity contribution in [2.75, 3.05) is 0 Å². The van der Waals surface area contributed by atoms with Gasteiger partial charge in [0.1, 0.15) is 6.61 Å². The Morgan fingerprint density at radius 2 is 2.00 bits per heavy atom. The fourth-order valence-electron chi connectivity index (χ4n) is 1.23. The van der Waals surface area contributed by atoms with E-state index in [4.69, 9.17) is 16.7 Å². The molecule has 0 spiro atoms. The first kappa shape index (κ1) is 9.36. The molecule has 2 heterocycles. The van der Waals surface area contributed by atoms with Crippen LogP contribution in [0.15, 0.2) is 0 Å².